The van der Waals surface area contributed by atoms with Crippen LogP contribution in [0.5, 0.6) is 5.75 Å². The highest BCUT2D eigenvalue weighted by Gasteiger charge is 2.21. The van der Waals surface area contributed by atoms with E-state index in [-0.39, 0.29) is 23.7 Å². The third-order valence-electron chi connectivity index (χ3n) is 5.52. The minimum absolute atomic E-state index is 0.159. The van der Waals surface area contributed by atoms with Gasteiger partial charge in [0, 0.05) is 18.0 Å². The summed E-state index contributed by atoms with van der Waals surface area (Å²) in [4.78, 5) is 36.8. The maximum atomic E-state index is 14.3. The van der Waals surface area contributed by atoms with E-state index in [2.05, 4.69) is 30.9 Å². The summed E-state index contributed by atoms with van der Waals surface area (Å²) in [6.07, 6.45) is 1.71. The Morgan fingerprint density at radius 1 is 1.16 bits per heavy atom. The number of aromatic amines is 2. The van der Waals surface area contributed by atoms with Crippen LogP contribution in [0.4, 0.5) is 33.2 Å². The van der Waals surface area contributed by atoms with E-state index in [4.69, 9.17) is 10.5 Å². The van der Waals surface area contributed by atoms with Crippen molar-refractivity contribution >= 4 is 51.7 Å². The maximum Gasteiger partial charge on any atom is 0.351 e. The molecule has 0 spiro atoms. The number of rotatable bonds is 9. The number of amides is 2. The number of likely N-dealkylation sites (N-methyl/N-ethyl adjacent to an activating group) is 1. The van der Waals surface area contributed by atoms with Crippen LogP contribution in [0, 0.1) is 12.7 Å². The van der Waals surface area contributed by atoms with Crippen molar-refractivity contribution < 1.29 is 23.7 Å². The summed E-state index contributed by atoms with van der Waals surface area (Å²) in [5, 5.41) is 9.77. The Kier molecular flexibility index (Phi) is 7.20. The van der Waals surface area contributed by atoms with E-state index in [1.807, 2.05) is 21.0 Å². The number of nitrogens with zero attached hydrogens (tertiary/aromatic N) is 2. The van der Waals surface area contributed by atoms with Crippen LogP contribution >= 0.6 is 0 Å². The van der Waals surface area contributed by atoms with Crippen LogP contribution in [0.1, 0.15) is 15.9 Å². The van der Waals surface area contributed by atoms with E-state index >= 15 is 0 Å². The van der Waals surface area contributed by atoms with Crippen molar-refractivity contribution in [2.24, 2.45) is 5.73 Å². The third-order valence-corrected chi connectivity index (χ3v) is 5.52. The number of primary amides is 1. The number of anilines is 5. The van der Waals surface area contributed by atoms with Crippen molar-refractivity contribution in [1.82, 2.24) is 14.9 Å². The minimum atomic E-state index is -0.903. The normalized spacial score (nSPS) is 11.0. The van der Waals surface area contributed by atoms with Gasteiger partial charge in [-0.05, 0) is 50.8 Å². The van der Waals surface area contributed by atoms with Gasteiger partial charge in [0.2, 0.25) is 17.4 Å². The van der Waals surface area contributed by atoms with Crippen molar-refractivity contribution in [2.45, 2.75) is 6.92 Å². The first-order valence-corrected chi connectivity index (χ1v) is 11.3. The zero-order valence-corrected chi connectivity index (χ0v) is 20.8. The molecule has 2 aromatic heterocycles. The Hall–Kier alpha value is -4.71. The van der Waals surface area contributed by atoms with E-state index in [1.165, 1.54) is 13.2 Å². The van der Waals surface area contributed by atoms with Gasteiger partial charge in [-0.25, -0.2) is 9.37 Å². The summed E-state index contributed by atoms with van der Waals surface area (Å²) in [6, 6.07) is 9.50. The van der Waals surface area contributed by atoms with Gasteiger partial charge in [0.25, 0.3) is 5.91 Å². The number of aryl methyl sites for hydroxylation is 1. The molecule has 37 heavy (non-hydrogen) atoms. The molecule has 0 aliphatic rings. The molecular formula is C25H28FN8O3+. The Bertz CT molecular complexity index is 1480. The van der Waals surface area contributed by atoms with Gasteiger partial charge in [-0.1, -0.05) is 11.1 Å². The Morgan fingerprint density at radius 2 is 1.95 bits per heavy atom. The lowest BCUT2D eigenvalue weighted by Crippen LogP contribution is -2.27. The number of hydrogen-bond donors (Lipinski definition) is 5. The number of benzene rings is 2. The number of hydrogen-bond acceptors (Lipinski definition) is 7. The molecular weight excluding hydrogens is 479 g/mol. The lowest BCUT2D eigenvalue weighted by Gasteiger charge is -2.15. The average Bonchev–Trinajstić information content (AvgIpc) is 3.29. The molecule has 0 bridgehead atoms. The second kappa shape index (κ2) is 10.5. The van der Waals surface area contributed by atoms with Crippen LogP contribution < -0.4 is 31.4 Å². The van der Waals surface area contributed by atoms with Gasteiger partial charge in [0.05, 0.1) is 30.3 Å². The number of halogens is 1. The molecule has 0 fully saturated rings. The quantitative estimate of drug-likeness (QED) is 0.234. The fourth-order valence-electron chi connectivity index (χ4n) is 3.84. The lowest BCUT2D eigenvalue weighted by molar-refractivity contribution is -0.333. The number of nitrogens with one attached hydrogen (secondary N) is 5. The molecule has 0 radical (unpaired) electrons. The zero-order valence-electron chi connectivity index (χ0n) is 20.8. The first-order chi connectivity index (χ1) is 17.7. The van der Waals surface area contributed by atoms with Gasteiger partial charge in [-0.15, -0.1) is 0 Å². The molecule has 0 atom stereocenters. The lowest BCUT2D eigenvalue weighted by atomic mass is 10.1. The molecule has 2 heterocycles. The fraction of sp³-hybridized carbons (Fsp3) is 0.200. The van der Waals surface area contributed by atoms with Gasteiger partial charge >= 0.3 is 5.95 Å². The molecule has 12 heteroatoms. The molecule has 7 N–H and O–H groups in total. The summed E-state index contributed by atoms with van der Waals surface area (Å²) >= 11 is 0. The van der Waals surface area contributed by atoms with Gasteiger partial charge < -0.3 is 26.0 Å². The average molecular weight is 508 g/mol. The van der Waals surface area contributed by atoms with Gasteiger partial charge in [0.1, 0.15) is 11.5 Å². The first-order valence-electron chi connectivity index (χ1n) is 11.3. The van der Waals surface area contributed by atoms with Crippen LogP contribution in [0.25, 0.3) is 11.0 Å². The van der Waals surface area contributed by atoms with Gasteiger partial charge in [-0.2, -0.15) is 0 Å². The first kappa shape index (κ1) is 25.4. The van der Waals surface area contributed by atoms with E-state index in [0.29, 0.717) is 39.9 Å². The van der Waals surface area contributed by atoms with E-state index in [9.17, 15) is 14.0 Å². The number of carbonyl (C=O) groups is 2. The molecule has 0 saturated carbocycles. The molecule has 2 amide bonds. The van der Waals surface area contributed by atoms with E-state index in [1.54, 1.807) is 35.4 Å². The van der Waals surface area contributed by atoms with Gasteiger partial charge in [0.15, 0.2) is 5.75 Å². The van der Waals surface area contributed by atoms with E-state index in [0.717, 1.165) is 11.6 Å². The predicted octanol–water partition coefficient (Wildman–Crippen LogP) is 2.92. The molecule has 4 rings (SSSR count). The smallest absolute Gasteiger partial charge is 0.351 e. The zero-order chi connectivity index (χ0) is 26.7. The maximum absolute atomic E-state index is 14.3. The molecule has 0 unspecified atom stereocenters. The number of carbonyl (C=O) groups excluding carboxylic acids is 2. The molecule has 4 aromatic rings. The monoisotopic (exact) mass is 507 g/mol. The van der Waals surface area contributed by atoms with Crippen molar-refractivity contribution in [1.29, 1.82) is 0 Å². The van der Waals surface area contributed by atoms with Gasteiger partial charge in [-0.3, -0.25) is 19.9 Å². The predicted molar refractivity (Wildman–Crippen MR) is 139 cm³/mol. The number of fused-ring (bicyclic) bond motifs is 1. The number of ether oxygens (including phenoxy) is 1. The Labute approximate surface area is 212 Å². The van der Waals surface area contributed by atoms with Crippen molar-refractivity contribution in [2.75, 3.05) is 43.7 Å². The topological polar surface area (TPSA) is 152 Å². The number of methoxy groups -OCH3 is 1. The molecule has 0 saturated heterocycles. The standard InChI is InChI=1S/C25H27FN8O3/c1-13-10-19(37-4)18(11-17(13)29-20(35)12-34(2)3)31-25-32-23-14(8-9-28-23)24(33-25)30-16-7-5-6-15(26)21(16)22(27)36/h5-11H,12H2,1-4H3,(H2,27,36)(H,29,35)(H3,28,30,31,32,33)/p+1. The second-order valence-corrected chi connectivity index (χ2v) is 8.63. The van der Waals surface area contributed by atoms with Crippen molar-refractivity contribution in [3.05, 3.63) is 59.5 Å². The second-order valence-electron chi connectivity index (χ2n) is 8.63. The molecule has 2 aromatic carbocycles. The molecule has 0 aliphatic carbocycles. The fourth-order valence-corrected chi connectivity index (χ4v) is 3.84. The summed E-state index contributed by atoms with van der Waals surface area (Å²) in [7, 11) is 5.17. The number of H-pyrrole nitrogens is 2. The van der Waals surface area contributed by atoms with Crippen LogP contribution in [0.3, 0.4) is 0 Å². The molecule has 0 aliphatic heterocycles. The molecule has 11 nitrogen and oxygen atoms in total. The SMILES string of the molecule is COc1cc(C)c(NC(=O)CN(C)C)cc1Nc1nc(Nc2cccc(F)c2C(N)=O)c2cc[nH]c2[nH+]1. The Morgan fingerprint density at radius 3 is 2.65 bits per heavy atom. The Balaban J connectivity index is 1.72. The summed E-state index contributed by atoms with van der Waals surface area (Å²) < 4.78 is 19.8. The van der Waals surface area contributed by atoms with Crippen molar-refractivity contribution in [3.63, 3.8) is 0 Å². The van der Waals surface area contributed by atoms with Crippen LogP contribution in [0.2, 0.25) is 0 Å². The van der Waals surface area contributed by atoms with Crippen molar-refractivity contribution in [3.8, 4) is 5.75 Å². The van der Waals surface area contributed by atoms with Crippen LogP contribution in [-0.4, -0.2) is 54.4 Å². The minimum Gasteiger partial charge on any atom is -0.493 e. The number of nitrogens with two attached hydrogens (primary N) is 1. The largest absolute Gasteiger partial charge is 0.493 e. The summed E-state index contributed by atoms with van der Waals surface area (Å²) in [5.74, 6) is -0.621. The highest BCUT2D eigenvalue weighted by molar-refractivity contribution is 6.00. The van der Waals surface area contributed by atoms with E-state index < -0.39 is 11.7 Å². The van der Waals surface area contributed by atoms with Crippen LogP contribution in [0.15, 0.2) is 42.6 Å². The highest BCUT2D eigenvalue weighted by atomic mass is 19.1. The summed E-state index contributed by atoms with van der Waals surface area (Å²) in [6.45, 7) is 2.10. The highest BCUT2D eigenvalue weighted by Crippen LogP contribution is 2.33. The number of aromatic nitrogens is 3. The van der Waals surface area contributed by atoms with Crippen LogP contribution in [-0.2, 0) is 4.79 Å². The third kappa shape index (κ3) is 5.59. The summed E-state index contributed by atoms with van der Waals surface area (Å²) in [5.41, 5.74) is 7.89. The molecule has 192 valence electrons.